The molecule has 6 heteroatoms. The number of pyridine rings is 1. The van der Waals surface area contributed by atoms with Crippen LogP contribution in [0.5, 0.6) is 0 Å². The van der Waals surface area contributed by atoms with E-state index in [4.69, 9.17) is 0 Å². The molecule has 1 aliphatic carbocycles. The molecule has 2 heterocycles. The number of nitrogens with zero attached hydrogens (tertiary/aromatic N) is 2. The summed E-state index contributed by atoms with van der Waals surface area (Å²) < 4.78 is 0. The minimum atomic E-state index is -0.295. The van der Waals surface area contributed by atoms with Crippen molar-refractivity contribution < 1.29 is 14.4 Å². The normalized spacial score (nSPS) is 17.0. The van der Waals surface area contributed by atoms with Crippen molar-refractivity contribution in [2.45, 2.75) is 19.8 Å². The van der Waals surface area contributed by atoms with Gasteiger partial charge in [0.15, 0.2) is 5.78 Å². The lowest BCUT2D eigenvalue weighted by molar-refractivity contribution is -0.121. The zero-order valence-electron chi connectivity index (χ0n) is 17.8. The monoisotopic (exact) mass is 425 g/mol. The molecule has 1 fully saturated rings. The molecule has 1 saturated heterocycles. The van der Waals surface area contributed by atoms with Crippen LogP contribution < -0.4 is 5.32 Å². The fourth-order valence-electron chi connectivity index (χ4n) is 4.49. The second-order valence-electron chi connectivity index (χ2n) is 8.44. The number of fused-ring (bicyclic) bond motifs is 3. The van der Waals surface area contributed by atoms with E-state index in [1.165, 1.54) is 0 Å². The molecule has 1 aromatic heterocycles. The Kier molecular flexibility index (Phi) is 5.05. The van der Waals surface area contributed by atoms with Gasteiger partial charge in [-0.25, -0.2) is 4.98 Å². The molecule has 1 aliphatic heterocycles. The van der Waals surface area contributed by atoms with Crippen molar-refractivity contribution in [3.63, 3.8) is 0 Å². The fraction of sp³-hybridized carbons (Fsp3) is 0.231. The molecule has 6 nitrogen and oxygen atoms in total. The molecule has 0 spiro atoms. The van der Waals surface area contributed by atoms with Crippen molar-refractivity contribution >= 4 is 23.4 Å². The largest absolute Gasteiger partial charge is 0.338 e. The van der Waals surface area contributed by atoms with Gasteiger partial charge in [0.05, 0.1) is 5.92 Å². The van der Waals surface area contributed by atoms with Gasteiger partial charge >= 0.3 is 0 Å². The molecule has 2 aliphatic rings. The molecule has 5 rings (SSSR count). The zero-order valence-corrected chi connectivity index (χ0v) is 17.8. The van der Waals surface area contributed by atoms with Crippen LogP contribution in [0.3, 0.4) is 0 Å². The van der Waals surface area contributed by atoms with Crippen LogP contribution in [0.25, 0.3) is 11.1 Å². The van der Waals surface area contributed by atoms with Crippen LogP contribution >= 0.6 is 0 Å². The molecule has 1 unspecified atom stereocenters. The Hall–Kier alpha value is -3.80. The molecule has 0 radical (unpaired) electrons. The number of carbonyl (C=O) groups is 3. The Morgan fingerprint density at radius 3 is 2.56 bits per heavy atom. The number of rotatable bonds is 3. The SMILES string of the molecule is Cc1ccc(NC(=O)C2CCCN(C(=O)c3ccc4c(c3)C(=O)c3ccccc3-4)C2)nc1. The van der Waals surface area contributed by atoms with E-state index in [9.17, 15) is 14.4 Å². The molecular formula is C26H23N3O3. The van der Waals surface area contributed by atoms with Gasteiger partial charge in [-0.1, -0.05) is 36.4 Å². The van der Waals surface area contributed by atoms with Crippen LogP contribution in [0.2, 0.25) is 0 Å². The third-order valence-electron chi connectivity index (χ3n) is 6.22. The number of anilines is 1. The van der Waals surface area contributed by atoms with E-state index in [0.29, 0.717) is 35.6 Å². The molecule has 1 atom stereocenters. The molecule has 32 heavy (non-hydrogen) atoms. The number of amides is 2. The van der Waals surface area contributed by atoms with Gasteiger partial charge in [0.25, 0.3) is 5.91 Å². The highest BCUT2D eigenvalue weighted by molar-refractivity contribution is 6.22. The highest BCUT2D eigenvalue weighted by Gasteiger charge is 2.31. The summed E-state index contributed by atoms with van der Waals surface area (Å²) >= 11 is 0. The lowest BCUT2D eigenvalue weighted by Gasteiger charge is -2.32. The maximum Gasteiger partial charge on any atom is 0.253 e. The third-order valence-corrected chi connectivity index (χ3v) is 6.22. The summed E-state index contributed by atoms with van der Waals surface area (Å²) in [6, 6.07) is 16.5. The van der Waals surface area contributed by atoms with Gasteiger partial charge in [-0.05, 0) is 54.7 Å². The van der Waals surface area contributed by atoms with Crippen molar-refractivity contribution in [2.24, 2.45) is 5.92 Å². The van der Waals surface area contributed by atoms with E-state index in [1.54, 1.807) is 29.3 Å². The first-order valence-corrected chi connectivity index (χ1v) is 10.8. The van der Waals surface area contributed by atoms with Crippen molar-refractivity contribution in [3.05, 3.63) is 83.0 Å². The Labute approximate surface area is 186 Å². The van der Waals surface area contributed by atoms with E-state index in [2.05, 4.69) is 10.3 Å². The van der Waals surface area contributed by atoms with E-state index >= 15 is 0 Å². The summed E-state index contributed by atoms with van der Waals surface area (Å²) in [7, 11) is 0. The summed E-state index contributed by atoms with van der Waals surface area (Å²) in [6.45, 7) is 2.88. The number of piperidine rings is 1. The van der Waals surface area contributed by atoms with Gasteiger partial charge in [0.2, 0.25) is 5.91 Å². The summed E-state index contributed by atoms with van der Waals surface area (Å²) in [6.07, 6.45) is 3.18. The van der Waals surface area contributed by atoms with Crippen LogP contribution in [0.1, 0.15) is 44.7 Å². The molecule has 2 amide bonds. The van der Waals surface area contributed by atoms with E-state index < -0.39 is 0 Å². The first-order valence-electron chi connectivity index (χ1n) is 10.8. The minimum Gasteiger partial charge on any atom is -0.338 e. The number of hydrogen-bond donors (Lipinski definition) is 1. The number of hydrogen-bond acceptors (Lipinski definition) is 4. The third kappa shape index (κ3) is 3.58. The Morgan fingerprint density at radius 1 is 1.00 bits per heavy atom. The topological polar surface area (TPSA) is 79.4 Å². The van der Waals surface area contributed by atoms with E-state index in [1.807, 2.05) is 43.3 Å². The zero-order chi connectivity index (χ0) is 22.2. The maximum atomic E-state index is 13.2. The van der Waals surface area contributed by atoms with Gasteiger partial charge in [0.1, 0.15) is 5.82 Å². The summed E-state index contributed by atoms with van der Waals surface area (Å²) in [5.74, 6) is -0.107. The number of likely N-dealkylation sites (tertiary alicyclic amines) is 1. The van der Waals surface area contributed by atoms with Gasteiger partial charge < -0.3 is 10.2 Å². The number of nitrogens with one attached hydrogen (secondary N) is 1. The Balaban J connectivity index is 1.31. The summed E-state index contributed by atoms with van der Waals surface area (Å²) in [4.78, 5) is 44.7. The highest BCUT2D eigenvalue weighted by atomic mass is 16.2. The summed E-state index contributed by atoms with van der Waals surface area (Å²) in [5.41, 5.74) is 4.51. The second kappa shape index (κ2) is 8.04. The lowest BCUT2D eigenvalue weighted by Crippen LogP contribution is -2.43. The van der Waals surface area contributed by atoms with Crippen LogP contribution in [-0.2, 0) is 4.79 Å². The first-order chi connectivity index (χ1) is 15.5. The van der Waals surface area contributed by atoms with E-state index in [-0.39, 0.29) is 23.5 Å². The highest BCUT2D eigenvalue weighted by Crippen LogP contribution is 2.37. The molecule has 0 saturated carbocycles. The Morgan fingerprint density at radius 2 is 1.78 bits per heavy atom. The molecule has 160 valence electrons. The smallest absolute Gasteiger partial charge is 0.253 e. The van der Waals surface area contributed by atoms with Crippen molar-refractivity contribution in [1.29, 1.82) is 0 Å². The van der Waals surface area contributed by atoms with Crippen molar-refractivity contribution in [3.8, 4) is 11.1 Å². The van der Waals surface area contributed by atoms with Crippen LogP contribution in [0.4, 0.5) is 5.82 Å². The van der Waals surface area contributed by atoms with E-state index in [0.717, 1.165) is 29.5 Å². The quantitative estimate of drug-likeness (QED) is 0.536. The Bertz CT molecular complexity index is 1230. The molecule has 3 aromatic rings. The number of ketones is 1. The van der Waals surface area contributed by atoms with Crippen molar-refractivity contribution in [1.82, 2.24) is 9.88 Å². The second-order valence-corrected chi connectivity index (χ2v) is 8.44. The molecule has 2 aromatic carbocycles. The van der Waals surface area contributed by atoms with Crippen LogP contribution in [-0.4, -0.2) is 40.6 Å². The number of aryl methyl sites for hydroxylation is 1. The van der Waals surface area contributed by atoms with Crippen LogP contribution in [0, 0.1) is 12.8 Å². The maximum absolute atomic E-state index is 13.2. The summed E-state index contributed by atoms with van der Waals surface area (Å²) in [5, 5.41) is 2.86. The lowest BCUT2D eigenvalue weighted by atomic mass is 9.96. The van der Waals surface area contributed by atoms with Crippen molar-refractivity contribution in [2.75, 3.05) is 18.4 Å². The van der Waals surface area contributed by atoms with Gasteiger partial charge in [-0.2, -0.15) is 0 Å². The standard InChI is InChI=1S/C26H23N3O3/c1-16-8-11-23(27-14-16)28-25(31)18-5-4-12-29(15-18)26(32)17-9-10-20-19-6-2-3-7-21(19)24(30)22(20)13-17/h2-3,6-11,13-14,18H,4-5,12,15H2,1H3,(H,27,28,31). The predicted octanol–water partition coefficient (Wildman–Crippen LogP) is 4.09. The average Bonchev–Trinajstić information content (AvgIpc) is 3.12. The molecule has 1 N–H and O–H groups in total. The molecular weight excluding hydrogens is 402 g/mol. The van der Waals surface area contributed by atoms with Gasteiger partial charge in [-0.15, -0.1) is 0 Å². The minimum absolute atomic E-state index is 0.0493. The number of benzene rings is 2. The molecule has 0 bridgehead atoms. The van der Waals surface area contributed by atoms with Gasteiger partial charge in [-0.3, -0.25) is 14.4 Å². The van der Waals surface area contributed by atoms with Crippen LogP contribution in [0.15, 0.2) is 60.8 Å². The van der Waals surface area contributed by atoms with Gasteiger partial charge in [0, 0.05) is 36.0 Å². The fourth-order valence-corrected chi connectivity index (χ4v) is 4.49. The average molecular weight is 425 g/mol. The number of carbonyl (C=O) groups excluding carboxylic acids is 3. The number of aromatic nitrogens is 1. The predicted molar refractivity (Wildman–Crippen MR) is 122 cm³/mol. The first kappa shape index (κ1) is 20.1.